The number of nitrogens with one attached hydrogen (secondary N) is 2. The van der Waals surface area contributed by atoms with Crippen LogP contribution in [0.1, 0.15) is 29.5 Å². The van der Waals surface area contributed by atoms with Crippen LogP contribution in [0, 0.1) is 0 Å². The Hall–Kier alpha value is -1.76. The second kappa shape index (κ2) is 8.31. The summed E-state index contributed by atoms with van der Waals surface area (Å²) in [6.45, 7) is 0.509. The molecule has 1 aromatic heterocycles. The molecule has 3 N–H and O–H groups in total. The van der Waals surface area contributed by atoms with E-state index < -0.39 is 5.97 Å². The van der Waals surface area contributed by atoms with Gasteiger partial charge < -0.3 is 16.8 Å². The first-order valence-corrected chi connectivity index (χ1v) is 9.04. The van der Waals surface area contributed by atoms with Gasteiger partial charge in [0.05, 0.1) is 5.02 Å². The summed E-state index contributed by atoms with van der Waals surface area (Å²) < 4.78 is 0. The molecule has 2 heterocycles. The Labute approximate surface area is 194 Å². The van der Waals surface area contributed by atoms with E-state index in [0.717, 1.165) is 5.56 Å². The molecule has 0 spiro atoms. The number of carbonyl (C=O) groups excluding carboxylic acids is 1. The van der Waals surface area contributed by atoms with E-state index in [-0.39, 0.29) is 42.6 Å². The Morgan fingerprint density at radius 3 is 2.46 bits per heavy atom. The number of amides is 1. The van der Waals surface area contributed by atoms with Crippen LogP contribution in [0.2, 0.25) is 10.0 Å². The van der Waals surface area contributed by atoms with Gasteiger partial charge in [-0.2, -0.15) is 0 Å². The minimum Gasteiger partial charge on any atom is -1.00 e. The van der Waals surface area contributed by atoms with Crippen molar-refractivity contribution in [2.45, 2.75) is 6.42 Å². The average molecular weight is 425 g/mol. The first-order valence-electron chi connectivity index (χ1n) is 8.28. The van der Waals surface area contributed by atoms with Gasteiger partial charge in [0, 0.05) is 39.2 Å². The van der Waals surface area contributed by atoms with Crippen LogP contribution in [0.3, 0.4) is 0 Å². The van der Waals surface area contributed by atoms with Crippen molar-refractivity contribution in [2.24, 2.45) is 0 Å². The van der Waals surface area contributed by atoms with E-state index in [0.29, 0.717) is 50.6 Å². The topological polar surface area (TPSA) is 82.2 Å². The average Bonchev–Trinajstić information content (AvgIpc) is 3.21. The van der Waals surface area contributed by atoms with Crippen LogP contribution in [-0.4, -0.2) is 28.5 Å². The molecule has 0 radical (unpaired) electrons. The monoisotopic (exact) mass is 424 g/mol. The Balaban J connectivity index is 0.00000150. The third kappa shape index (κ3) is 3.61. The van der Waals surface area contributed by atoms with Crippen molar-refractivity contribution in [1.29, 1.82) is 0 Å². The molecule has 0 saturated carbocycles. The molecular formula is C20H15Cl2N2NaO3. The van der Waals surface area contributed by atoms with E-state index in [1.165, 1.54) is 0 Å². The number of hydrogen-bond donors (Lipinski definition) is 3. The van der Waals surface area contributed by atoms with Crippen LogP contribution >= 0.6 is 23.2 Å². The summed E-state index contributed by atoms with van der Waals surface area (Å²) in [6.07, 6.45) is 0.500. The molecule has 5 nitrogen and oxygen atoms in total. The number of carboxylic acid groups (broad SMARTS) is 1. The Morgan fingerprint density at radius 2 is 1.86 bits per heavy atom. The van der Waals surface area contributed by atoms with Crippen LogP contribution in [-0.2, 0) is 4.79 Å². The number of halogens is 2. The molecule has 0 aliphatic carbocycles. The van der Waals surface area contributed by atoms with Gasteiger partial charge in [-0.3, -0.25) is 4.79 Å². The smallest absolute Gasteiger partial charge is 1.00 e. The number of benzene rings is 2. The number of aromatic nitrogens is 1. The molecule has 1 saturated heterocycles. The van der Waals surface area contributed by atoms with Crippen molar-refractivity contribution < 1.29 is 45.7 Å². The van der Waals surface area contributed by atoms with Gasteiger partial charge in [0.25, 0.3) is 0 Å². The van der Waals surface area contributed by atoms with Crippen LogP contribution < -0.4 is 34.9 Å². The second-order valence-electron chi connectivity index (χ2n) is 6.22. The standard InChI is InChI=1S/C20H14Cl2N2O3.Na.H/c21-11-8-13(22)16-14(9-11)24-18(20(26)27)17(16)15(10-4-2-1-3-5-10)12-6-7-23-19(12)25;;/h1-5,8-9,24H,6-7H2,(H,23,25)(H,26,27);;/q;+1;-1. The van der Waals surface area contributed by atoms with E-state index in [4.69, 9.17) is 23.2 Å². The molecule has 8 heteroatoms. The van der Waals surface area contributed by atoms with Gasteiger partial charge in [0.1, 0.15) is 5.69 Å². The molecule has 1 amide bonds. The van der Waals surface area contributed by atoms with Gasteiger partial charge >= 0.3 is 35.5 Å². The van der Waals surface area contributed by atoms with Gasteiger partial charge in [0.2, 0.25) is 5.91 Å². The molecule has 3 aromatic rings. The van der Waals surface area contributed by atoms with Crippen molar-refractivity contribution in [3.63, 3.8) is 0 Å². The maximum Gasteiger partial charge on any atom is 1.00 e. The number of aromatic carboxylic acids is 1. The zero-order chi connectivity index (χ0) is 19.1. The van der Waals surface area contributed by atoms with E-state index in [2.05, 4.69) is 10.3 Å². The summed E-state index contributed by atoms with van der Waals surface area (Å²) in [4.78, 5) is 27.3. The summed E-state index contributed by atoms with van der Waals surface area (Å²) in [6, 6.07) is 12.4. The summed E-state index contributed by atoms with van der Waals surface area (Å²) in [5.41, 5.74) is 2.73. The molecule has 0 atom stereocenters. The minimum atomic E-state index is -1.14. The number of aromatic amines is 1. The van der Waals surface area contributed by atoms with Crippen LogP contribution in [0.25, 0.3) is 16.5 Å². The van der Waals surface area contributed by atoms with Gasteiger partial charge in [-0.15, -0.1) is 0 Å². The SMILES string of the molecule is O=C1NCCC1=C(c1ccccc1)c1c(C(=O)O)[nH]c2cc(Cl)cc(Cl)c12.[H-].[Na+]. The van der Waals surface area contributed by atoms with Crippen molar-refractivity contribution in [3.05, 3.63) is 74.9 Å². The fraction of sp³-hybridized carbons (Fsp3) is 0.100. The quantitative estimate of drug-likeness (QED) is 0.441. The fourth-order valence-electron chi connectivity index (χ4n) is 3.49. The predicted octanol–water partition coefficient (Wildman–Crippen LogP) is 1.61. The van der Waals surface area contributed by atoms with Crippen molar-refractivity contribution in [3.8, 4) is 0 Å². The number of fused-ring (bicyclic) bond motifs is 1. The van der Waals surface area contributed by atoms with Crippen LogP contribution in [0.4, 0.5) is 0 Å². The van der Waals surface area contributed by atoms with Gasteiger partial charge in [0.15, 0.2) is 0 Å². The second-order valence-corrected chi connectivity index (χ2v) is 7.06. The number of H-pyrrole nitrogens is 1. The first-order chi connectivity index (χ1) is 13.0. The molecule has 1 aliphatic heterocycles. The van der Waals surface area contributed by atoms with E-state index in [1.807, 2.05) is 30.3 Å². The molecular weight excluding hydrogens is 410 g/mol. The number of carboxylic acids is 1. The fourth-order valence-corrected chi connectivity index (χ4v) is 4.08. The van der Waals surface area contributed by atoms with Crippen molar-refractivity contribution >= 4 is 51.6 Å². The zero-order valence-electron chi connectivity index (χ0n) is 16.0. The summed E-state index contributed by atoms with van der Waals surface area (Å²) in [5.74, 6) is -1.34. The molecule has 28 heavy (non-hydrogen) atoms. The Morgan fingerprint density at radius 1 is 1.14 bits per heavy atom. The molecule has 0 unspecified atom stereocenters. The third-order valence-electron chi connectivity index (χ3n) is 4.58. The predicted molar refractivity (Wildman–Crippen MR) is 106 cm³/mol. The van der Waals surface area contributed by atoms with Crippen LogP contribution in [0.15, 0.2) is 48.0 Å². The maximum absolute atomic E-state index is 12.5. The van der Waals surface area contributed by atoms with Gasteiger partial charge in [-0.05, 0) is 24.1 Å². The maximum atomic E-state index is 12.5. The van der Waals surface area contributed by atoms with E-state index >= 15 is 0 Å². The van der Waals surface area contributed by atoms with Gasteiger partial charge in [-0.1, -0.05) is 53.5 Å². The zero-order valence-corrected chi connectivity index (χ0v) is 18.5. The van der Waals surface area contributed by atoms with Crippen molar-refractivity contribution in [1.82, 2.24) is 10.3 Å². The number of hydrogen-bond acceptors (Lipinski definition) is 2. The molecule has 138 valence electrons. The van der Waals surface area contributed by atoms with Crippen molar-refractivity contribution in [2.75, 3.05) is 6.54 Å². The third-order valence-corrected chi connectivity index (χ3v) is 5.09. The molecule has 1 fully saturated rings. The largest absolute Gasteiger partial charge is 1.00 e. The normalized spacial score (nSPS) is 15.3. The Kier molecular flexibility index (Phi) is 6.22. The van der Waals surface area contributed by atoms with E-state index in [9.17, 15) is 14.7 Å². The minimum absolute atomic E-state index is 0. The first kappa shape index (κ1) is 21.0. The van der Waals surface area contributed by atoms with E-state index in [1.54, 1.807) is 12.1 Å². The van der Waals surface area contributed by atoms with Crippen LogP contribution in [0.5, 0.6) is 0 Å². The number of rotatable bonds is 3. The molecule has 0 bridgehead atoms. The molecule has 2 aromatic carbocycles. The molecule has 4 rings (SSSR count). The number of carbonyl (C=O) groups is 2. The summed E-state index contributed by atoms with van der Waals surface area (Å²) in [5, 5.41) is 13.8. The van der Waals surface area contributed by atoms with Gasteiger partial charge in [-0.25, -0.2) is 4.79 Å². The summed E-state index contributed by atoms with van der Waals surface area (Å²) >= 11 is 12.5. The molecule has 1 aliphatic rings. The Bertz CT molecular complexity index is 1130. The summed E-state index contributed by atoms with van der Waals surface area (Å²) in [7, 11) is 0.